The summed E-state index contributed by atoms with van der Waals surface area (Å²) in [6.45, 7) is 15.3. The van der Waals surface area contributed by atoms with E-state index in [1.807, 2.05) is 0 Å². The SMILES string of the molecule is CCCC[N+]12CCC(CC1(C)C)CC2(C)C.[Br-]. The molecule has 102 valence electrons. The van der Waals surface area contributed by atoms with Gasteiger partial charge in [-0.2, -0.15) is 0 Å². The lowest BCUT2D eigenvalue weighted by atomic mass is 9.65. The molecule has 0 atom stereocenters. The minimum Gasteiger partial charge on any atom is -1.00 e. The van der Waals surface area contributed by atoms with Gasteiger partial charge < -0.3 is 21.5 Å². The fourth-order valence-corrected chi connectivity index (χ4v) is 5.01. The summed E-state index contributed by atoms with van der Waals surface area (Å²) >= 11 is 0. The van der Waals surface area contributed by atoms with E-state index in [-0.39, 0.29) is 17.0 Å². The van der Waals surface area contributed by atoms with E-state index in [9.17, 15) is 0 Å². The molecule has 3 fully saturated rings. The first-order chi connectivity index (χ1) is 7.35. The van der Waals surface area contributed by atoms with E-state index in [1.165, 1.54) is 49.7 Å². The summed E-state index contributed by atoms with van der Waals surface area (Å²) in [6, 6.07) is 0. The van der Waals surface area contributed by atoms with Gasteiger partial charge in [-0.25, -0.2) is 0 Å². The van der Waals surface area contributed by atoms with Crippen molar-refractivity contribution in [1.82, 2.24) is 0 Å². The van der Waals surface area contributed by atoms with Crippen molar-refractivity contribution in [1.29, 1.82) is 0 Å². The van der Waals surface area contributed by atoms with Gasteiger partial charge in [-0.05, 0) is 46.5 Å². The van der Waals surface area contributed by atoms with Crippen molar-refractivity contribution < 1.29 is 21.5 Å². The summed E-state index contributed by atoms with van der Waals surface area (Å²) in [5, 5.41) is 0. The Labute approximate surface area is 118 Å². The van der Waals surface area contributed by atoms with E-state index in [0.717, 1.165) is 5.92 Å². The normalized spacial score (nSPS) is 37.6. The molecule has 0 aromatic heterocycles. The Bertz CT molecular complexity index is 252. The van der Waals surface area contributed by atoms with Gasteiger partial charge in [0.1, 0.15) is 0 Å². The minimum absolute atomic E-state index is 0. The Kier molecular flexibility index (Phi) is 4.42. The molecule has 0 N–H and O–H groups in total. The van der Waals surface area contributed by atoms with E-state index < -0.39 is 0 Å². The standard InChI is InChI=1S/C15H30N.BrH/c1-6-7-9-16-10-8-13(11-14(16,2)3)12-15(16,4)5;/h13H,6-12H2,1-5H3;1H/q+1;/p-1. The molecule has 3 heterocycles. The Morgan fingerprint density at radius 2 is 1.59 bits per heavy atom. The molecule has 1 nitrogen and oxygen atoms in total. The smallest absolute Gasteiger partial charge is 0.0942 e. The lowest BCUT2D eigenvalue weighted by Gasteiger charge is -2.67. The molecule has 0 unspecified atom stereocenters. The van der Waals surface area contributed by atoms with Gasteiger partial charge in [0.25, 0.3) is 0 Å². The molecule has 0 aromatic rings. The van der Waals surface area contributed by atoms with Crippen molar-refractivity contribution in [2.24, 2.45) is 5.92 Å². The summed E-state index contributed by atoms with van der Waals surface area (Å²) in [7, 11) is 0. The van der Waals surface area contributed by atoms with E-state index in [1.54, 1.807) is 0 Å². The Morgan fingerprint density at radius 3 is 2.00 bits per heavy atom. The highest BCUT2D eigenvalue weighted by molar-refractivity contribution is 4.94. The van der Waals surface area contributed by atoms with Gasteiger partial charge in [0, 0.05) is 12.8 Å². The molecule has 17 heavy (non-hydrogen) atoms. The fraction of sp³-hybridized carbons (Fsp3) is 1.00. The van der Waals surface area contributed by atoms with Crippen LogP contribution in [-0.4, -0.2) is 28.7 Å². The third kappa shape index (κ3) is 2.20. The third-order valence-electron chi connectivity index (χ3n) is 5.71. The van der Waals surface area contributed by atoms with Gasteiger partial charge in [0.2, 0.25) is 0 Å². The molecule has 3 saturated heterocycles. The van der Waals surface area contributed by atoms with Crippen molar-refractivity contribution in [2.45, 2.75) is 77.8 Å². The van der Waals surface area contributed by atoms with E-state index in [0.29, 0.717) is 11.1 Å². The molecular formula is C15H30BrN. The van der Waals surface area contributed by atoms with Crippen LogP contribution in [0.5, 0.6) is 0 Å². The fourth-order valence-electron chi connectivity index (χ4n) is 5.01. The molecule has 0 aromatic carbocycles. The first-order valence-electron chi connectivity index (χ1n) is 7.22. The van der Waals surface area contributed by atoms with Gasteiger partial charge in [0.05, 0.1) is 24.2 Å². The minimum atomic E-state index is 0. The summed E-state index contributed by atoms with van der Waals surface area (Å²) in [6.07, 6.45) is 7.14. The molecule has 3 rings (SSSR count). The zero-order valence-electron chi connectivity index (χ0n) is 12.4. The van der Waals surface area contributed by atoms with Crippen LogP contribution in [-0.2, 0) is 0 Å². The van der Waals surface area contributed by atoms with E-state index in [4.69, 9.17) is 0 Å². The topological polar surface area (TPSA) is 0 Å². The van der Waals surface area contributed by atoms with Crippen LogP contribution in [0.1, 0.15) is 66.7 Å². The number of quaternary nitrogens is 1. The predicted molar refractivity (Wildman–Crippen MR) is 70.4 cm³/mol. The van der Waals surface area contributed by atoms with Crippen molar-refractivity contribution in [3.05, 3.63) is 0 Å². The number of fused-ring (bicyclic) bond motifs is 3. The molecular weight excluding hydrogens is 274 g/mol. The lowest BCUT2D eigenvalue weighted by molar-refractivity contribution is -1.03. The lowest BCUT2D eigenvalue weighted by Crippen LogP contribution is -3.00. The summed E-state index contributed by atoms with van der Waals surface area (Å²) in [5.41, 5.74) is 1.03. The largest absolute Gasteiger partial charge is 1.00 e. The second kappa shape index (κ2) is 4.85. The van der Waals surface area contributed by atoms with Crippen LogP contribution in [0.4, 0.5) is 0 Å². The number of rotatable bonds is 3. The second-order valence-corrected chi connectivity index (χ2v) is 7.46. The highest BCUT2D eigenvalue weighted by Crippen LogP contribution is 2.53. The highest BCUT2D eigenvalue weighted by Gasteiger charge is 2.61. The molecule has 0 radical (unpaired) electrons. The van der Waals surface area contributed by atoms with E-state index >= 15 is 0 Å². The first kappa shape index (κ1) is 15.5. The van der Waals surface area contributed by atoms with Gasteiger partial charge >= 0.3 is 0 Å². The summed E-state index contributed by atoms with van der Waals surface area (Å²) in [4.78, 5) is 0. The highest BCUT2D eigenvalue weighted by atomic mass is 79.9. The van der Waals surface area contributed by atoms with Gasteiger partial charge in [0.15, 0.2) is 0 Å². The molecule has 2 heteroatoms. The summed E-state index contributed by atoms with van der Waals surface area (Å²) < 4.78 is 1.39. The maximum absolute atomic E-state index is 2.52. The molecule has 2 bridgehead atoms. The van der Waals surface area contributed by atoms with Crippen molar-refractivity contribution in [2.75, 3.05) is 13.1 Å². The zero-order valence-corrected chi connectivity index (χ0v) is 13.9. The summed E-state index contributed by atoms with van der Waals surface area (Å²) in [5.74, 6) is 1.01. The maximum atomic E-state index is 2.52. The molecule has 3 aliphatic heterocycles. The predicted octanol–water partition coefficient (Wildman–Crippen LogP) is 0.978. The molecule has 3 aliphatic rings. The maximum Gasteiger partial charge on any atom is 0.0942 e. The number of nitrogens with zero attached hydrogens (tertiary/aromatic N) is 1. The van der Waals surface area contributed by atoms with Gasteiger partial charge in [-0.1, -0.05) is 13.3 Å². The number of hydrogen-bond acceptors (Lipinski definition) is 0. The zero-order chi connectivity index (χ0) is 12.0. The average molecular weight is 304 g/mol. The van der Waals surface area contributed by atoms with Crippen molar-refractivity contribution in [3.63, 3.8) is 0 Å². The number of piperidine rings is 3. The molecule has 0 amide bonds. The van der Waals surface area contributed by atoms with Gasteiger partial charge in [-0.3, -0.25) is 0 Å². The number of halogens is 1. The first-order valence-corrected chi connectivity index (χ1v) is 7.22. The van der Waals surface area contributed by atoms with Crippen LogP contribution < -0.4 is 17.0 Å². The molecule has 0 saturated carbocycles. The average Bonchev–Trinajstić information content (AvgIpc) is 2.13. The monoisotopic (exact) mass is 303 g/mol. The van der Waals surface area contributed by atoms with Crippen LogP contribution in [0.3, 0.4) is 0 Å². The van der Waals surface area contributed by atoms with Crippen molar-refractivity contribution in [3.8, 4) is 0 Å². The number of hydrogen-bond donors (Lipinski definition) is 0. The molecule has 0 aliphatic carbocycles. The van der Waals surface area contributed by atoms with Crippen LogP contribution in [0.2, 0.25) is 0 Å². The van der Waals surface area contributed by atoms with Gasteiger partial charge in [-0.15, -0.1) is 0 Å². The quantitative estimate of drug-likeness (QED) is 0.682. The van der Waals surface area contributed by atoms with Crippen LogP contribution >= 0.6 is 0 Å². The third-order valence-corrected chi connectivity index (χ3v) is 5.71. The van der Waals surface area contributed by atoms with Crippen LogP contribution in [0, 0.1) is 5.92 Å². The van der Waals surface area contributed by atoms with E-state index in [2.05, 4.69) is 34.6 Å². The second-order valence-electron chi connectivity index (χ2n) is 7.46. The Morgan fingerprint density at radius 1 is 1.06 bits per heavy atom. The van der Waals surface area contributed by atoms with Crippen LogP contribution in [0.15, 0.2) is 0 Å². The number of unbranched alkanes of at least 4 members (excludes halogenated alkanes) is 1. The molecule has 0 spiro atoms. The Hall–Kier alpha value is 0.440. The van der Waals surface area contributed by atoms with Crippen LogP contribution in [0.25, 0.3) is 0 Å². The van der Waals surface area contributed by atoms with Crippen molar-refractivity contribution >= 4 is 0 Å². The Balaban J connectivity index is 0.00000144.